The van der Waals surface area contributed by atoms with Crippen LogP contribution in [0.1, 0.15) is 20.3 Å². The summed E-state index contributed by atoms with van der Waals surface area (Å²) in [5.74, 6) is 0. The summed E-state index contributed by atoms with van der Waals surface area (Å²) in [5.41, 5.74) is 1.05. The normalized spacial score (nSPS) is 26.4. The maximum absolute atomic E-state index is 4.15. The van der Waals surface area contributed by atoms with Crippen molar-refractivity contribution in [3.05, 3.63) is 11.9 Å². The topological polar surface area (TPSA) is 24.4 Å². The molecule has 0 radical (unpaired) electrons. The van der Waals surface area contributed by atoms with E-state index < -0.39 is 0 Å². The molecule has 1 aliphatic rings. The fourth-order valence-corrected chi connectivity index (χ4v) is 0.723. The van der Waals surface area contributed by atoms with E-state index in [1.54, 1.807) is 0 Å². The number of hydrogen-bond acceptors (Lipinski definition) is 2. The Hall–Kier alpha value is -0.790. The van der Waals surface area contributed by atoms with Crippen molar-refractivity contribution in [2.45, 2.75) is 26.3 Å². The molecule has 0 amide bonds. The molecule has 1 rings (SSSR count). The minimum atomic E-state index is 0.534. The summed E-state index contributed by atoms with van der Waals surface area (Å²) in [5, 5.41) is 3.21. The summed E-state index contributed by atoms with van der Waals surface area (Å²) in [6.07, 6.45) is 4.93. The predicted molar refractivity (Wildman–Crippen MR) is 39.5 cm³/mol. The Bertz CT molecular complexity index is 147. The SMILES string of the molecule is CC1=CNC(C)CC=N1. The number of allylic oxidation sites excluding steroid dienone is 1. The molecule has 0 saturated carbocycles. The van der Waals surface area contributed by atoms with Crippen molar-refractivity contribution in [2.24, 2.45) is 4.99 Å². The van der Waals surface area contributed by atoms with Gasteiger partial charge in [0.05, 0.1) is 5.70 Å². The number of nitrogens with zero attached hydrogens (tertiary/aromatic N) is 1. The van der Waals surface area contributed by atoms with Gasteiger partial charge < -0.3 is 5.32 Å². The quantitative estimate of drug-likeness (QED) is 0.517. The molecule has 0 aromatic heterocycles. The average molecular weight is 124 g/mol. The standard InChI is InChI=1S/C7H12N2/c1-6-3-4-8-7(2)5-9-6/h4-6,9H,3H2,1-2H3. The van der Waals surface area contributed by atoms with Crippen molar-refractivity contribution in [3.8, 4) is 0 Å². The molecule has 1 unspecified atom stereocenters. The Kier molecular flexibility index (Phi) is 1.88. The molecule has 2 nitrogen and oxygen atoms in total. The molecule has 1 atom stereocenters. The van der Waals surface area contributed by atoms with E-state index in [0.29, 0.717) is 6.04 Å². The summed E-state index contributed by atoms with van der Waals surface area (Å²) >= 11 is 0. The second kappa shape index (κ2) is 2.67. The van der Waals surface area contributed by atoms with Crippen molar-refractivity contribution >= 4 is 6.21 Å². The van der Waals surface area contributed by atoms with Crippen molar-refractivity contribution in [3.63, 3.8) is 0 Å². The maximum atomic E-state index is 4.15. The molecular weight excluding hydrogens is 112 g/mol. The minimum absolute atomic E-state index is 0.534. The van der Waals surface area contributed by atoms with Crippen LogP contribution >= 0.6 is 0 Å². The Morgan fingerprint density at radius 3 is 3.33 bits per heavy atom. The first kappa shape index (κ1) is 6.33. The van der Waals surface area contributed by atoms with Crippen LogP contribution in [0, 0.1) is 0 Å². The lowest BCUT2D eigenvalue weighted by Crippen LogP contribution is -2.19. The maximum Gasteiger partial charge on any atom is 0.0525 e. The van der Waals surface area contributed by atoms with E-state index in [-0.39, 0.29) is 0 Å². The summed E-state index contributed by atoms with van der Waals surface area (Å²) in [6, 6.07) is 0.534. The van der Waals surface area contributed by atoms with Gasteiger partial charge in [-0.05, 0) is 13.8 Å². The third-order valence-electron chi connectivity index (χ3n) is 1.33. The highest BCUT2D eigenvalue weighted by molar-refractivity contribution is 5.60. The van der Waals surface area contributed by atoms with Crippen molar-refractivity contribution in [1.82, 2.24) is 5.32 Å². The largest absolute Gasteiger partial charge is 0.387 e. The van der Waals surface area contributed by atoms with Crippen LogP contribution < -0.4 is 5.32 Å². The molecule has 0 saturated heterocycles. The van der Waals surface area contributed by atoms with Crippen molar-refractivity contribution < 1.29 is 0 Å². The minimum Gasteiger partial charge on any atom is -0.387 e. The van der Waals surface area contributed by atoms with Gasteiger partial charge >= 0.3 is 0 Å². The molecule has 0 aromatic rings. The highest BCUT2D eigenvalue weighted by atomic mass is 14.9. The predicted octanol–water partition coefficient (Wildman–Crippen LogP) is 1.30. The first-order chi connectivity index (χ1) is 4.29. The summed E-state index contributed by atoms with van der Waals surface area (Å²) in [6.45, 7) is 4.13. The number of rotatable bonds is 0. The zero-order chi connectivity index (χ0) is 6.69. The third-order valence-corrected chi connectivity index (χ3v) is 1.33. The number of hydrogen-bond donors (Lipinski definition) is 1. The van der Waals surface area contributed by atoms with Gasteiger partial charge in [-0.1, -0.05) is 0 Å². The van der Waals surface area contributed by atoms with Gasteiger partial charge in [0, 0.05) is 24.9 Å². The summed E-state index contributed by atoms with van der Waals surface area (Å²) in [7, 11) is 0. The Labute approximate surface area is 55.7 Å². The smallest absolute Gasteiger partial charge is 0.0525 e. The van der Waals surface area contributed by atoms with Gasteiger partial charge in [-0.2, -0.15) is 0 Å². The zero-order valence-corrected chi connectivity index (χ0v) is 5.89. The zero-order valence-electron chi connectivity index (χ0n) is 5.89. The van der Waals surface area contributed by atoms with E-state index in [1.807, 2.05) is 19.3 Å². The number of aliphatic imine (C=N–C) groups is 1. The number of nitrogens with one attached hydrogen (secondary N) is 1. The van der Waals surface area contributed by atoms with E-state index in [1.165, 1.54) is 0 Å². The van der Waals surface area contributed by atoms with Gasteiger partial charge in [0.25, 0.3) is 0 Å². The molecule has 1 heterocycles. The first-order valence-corrected chi connectivity index (χ1v) is 3.24. The van der Waals surface area contributed by atoms with Crippen LogP contribution in [-0.2, 0) is 0 Å². The molecule has 0 aliphatic carbocycles. The Morgan fingerprint density at radius 2 is 2.56 bits per heavy atom. The first-order valence-electron chi connectivity index (χ1n) is 3.24. The molecule has 0 fully saturated rings. The molecule has 0 bridgehead atoms. The van der Waals surface area contributed by atoms with Gasteiger partial charge in [-0.25, -0.2) is 0 Å². The molecule has 50 valence electrons. The van der Waals surface area contributed by atoms with E-state index in [9.17, 15) is 0 Å². The molecule has 1 N–H and O–H groups in total. The van der Waals surface area contributed by atoms with E-state index in [2.05, 4.69) is 17.2 Å². The van der Waals surface area contributed by atoms with Gasteiger partial charge in [0.2, 0.25) is 0 Å². The molecule has 1 aliphatic heterocycles. The summed E-state index contributed by atoms with van der Waals surface area (Å²) < 4.78 is 0. The second-order valence-corrected chi connectivity index (χ2v) is 2.40. The second-order valence-electron chi connectivity index (χ2n) is 2.40. The van der Waals surface area contributed by atoms with Crippen LogP contribution in [0.5, 0.6) is 0 Å². The fraction of sp³-hybridized carbons (Fsp3) is 0.571. The van der Waals surface area contributed by atoms with Gasteiger partial charge in [-0.3, -0.25) is 4.99 Å². The third kappa shape index (κ3) is 1.88. The molecule has 9 heavy (non-hydrogen) atoms. The summed E-state index contributed by atoms with van der Waals surface area (Å²) in [4.78, 5) is 4.15. The van der Waals surface area contributed by atoms with E-state index in [0.717, 1.165) is 12.1 Å². The lowest BCUT2D eigenvalue weighted by atomic mass is 10.3. The van der Waals surface area contributed by atoms with Gasteiger partial charge in [-0.15, -0.1) is 0 Å². The molecule has 0 spiro atoms. The lowest BCUT2D eigenvalue weighted by Gasteiger charge is -2.04. The van der Waals surface area contributed by atoms with Gasteiger partial charge in [0.1, 0.15) is 0 Å². The van der Waals surface area contributed by atoms with Crippen LogP contribution in [0.25, 0.3) is 0 Å². The lowest BCUT2D eigenvalue weighted by molar-refractivity contribution is 0.671. The van der Waals surface area contributed by atoms with Crippen LogP contribution in [-0.4, -0.2) is 12.3 Å². The van der Waals surface area contributed by atoms with Crippen LogP contribution in [0.2, 0.25) is 0 Å². The van der Waals surface area contributed by atoms with Crippen LogP contribution in [0.3, 0.4) is 0 Å². The highest BCUT2D eigenvalue weighted by Crippen LogP contribution is 1.98. The van der Waals surface area contributed by atoms with E-state index in [4.69, 9.17) is 0 Å². The van der Waals surface area contributed by atoms with Crippen LogP contribution in [0.4, 0.5) is 0 Å². The molecule has 2 heteroatoms. The van der Waals surface area contributed by atoms with Crippen molar-refractivity contribution in [2.75, 3.05) is 0 Å². The Balaban J connectivity index is 2.58. The molecule has 0 aromatic carbocycles. The van der Waals surface area contributed by atoms with Crippen molar-refractivity contribution in [1.29, 1.82) is 0 Å². The highest BCUT2D eigenvalue weighted by Gasteiger charge is 1.98. The average Bonchev–Trinajstić information content (AvgIpc) is 1.97. The Morgan fingerprint density at radius 1 is 1.78 bits per heavy atom. The molecular formula is C7H12N2. The fourth-order valence-electron chi connectivity index (χ4n) is 0.723. The van der Waals surface area contributed by atoms with Crippen LogP contribution in [0.15, 0.2) is 16.9 Å². The van der Waals surface area contributed by atoms with E-state index >= 15 is 0 Å². The monoisotopic (exact) mass is 124 g/mol. The van der Waals surface area contributed by atoms with Gasteiger partial charge in [0.15, 0.2) is 0 Å².